The van der Waals surface area contributed by atoms with Crippen LogP contribution >= 0.6 is 11.6 Å². The fraction of sp³-hybridized carbons (Fsp3) is 0.500. The molecule has 0 aliphatic carbocycles. The Morgan fingerprint density at radius 3 is 2.62 bits per heavy atom. The van der Waals surface area contributed by atoms with Crippen LogP contribution < -0.4 is 16.2 Å². The van der Waals surface area contributed by atoms with Gasteiger partial charge in [0, 0.05) is 49.1 Å². The molecule has 1 unspecified atom stereocenters. The van der Waals surface area contributed by atoms with Crippen molar-refractivity contribution in [2.45, 2.75) is 26.3 Å². The Bertz CT molecular complexity index is 881. The van der Waals surface area contributed by atoms with Gasteiger partial charge < -0.3 is 15.6 Å². The zero-order chi connectivity index (χ0) is 20.8. The van der Waals surface area contributed by atoms with E-state index < -0.39 is 0 Å². The van der Waals surface area contributed by atoms with Gasteiger partial charge in [0.1, 0.15) is 5.84 Å². The monoisotopic (exact) mass is 417 g/mol. The molecule has 29 heavy (non-hydrogen) atoms. The van der Waals surface area contributed by atoms with E-state index in [2.05, 4.69) is 56.9 Å². The van der Waals surface area contributed by atoms with E-state index in [9.17, 15) is 4.79 Å². The second-order valence-electron chi connectivity index (χ2n) is 7.62. The zero-order valence-electron chi connectivity index (χ0n) is 17.1. The van der Waals surface area contributed by atoms with Crippen LogP contribution in [-0.4, -0.2) is 66.3 Å². The van der Waals surface area contributed by atoms with Crippen LogP contribution in [0.4, 0.5) is 5.82 Å². The van der Waals surface area contributed by atoms with Gasteiger partial charge in [0.15, 0.2) is 17.9 Å². The van der Waals surface area contributed by atoms with Gasteiger partial charge in [-0.3, -0.25) is 4.79 Å². The van der Waals surface area contributed by atoms with Crippen molar-refractivity contribution in [3.63, 3.8) is 0 Å². The third-order valence-corrected chi connectivity index (χ3v) is 5.20. The molecule has 9 heteroatoms. The van der Waals surface area contributed by atoms with Gasteiger partial charge >= 0.3 is 0 Å². The molecule has 0 bridgehead atoms. The first-order chi connectivity index (χ1) is 14.0. The number of halogens is 1. The Kier molecular flexibility index (Phi) is 7.49. The summed E-state index contributed by atoms with van der Waals surface area (Å²) in [5.74, 6) is 1.83. The topological polar surface area (TPSA) is 94.5 Å². The van der Waals surface area contributed by atoms with Crippen molar-refractivity contribution < 1.29 is 4.79 Å². The van der Waals surface area contributed by atoms with E-state index in [-0.39, 0.29) is 5.82 Å². The number of aromatic nitrogens is 2. The van der Waals surface area contributed by atoms with E-state index in [0.717, 1.165) is 30.7 Å². The summed E-state index contributed by atoms with van der Waals surface area (Å²) in [6, 6.07) is 5.56. The maximum Gasteiger partial charge on any atom is 0.195 e. The van der Waals surface area contributed by atoms with E-state index in [1.807, 2.05) is 0 Å². The summed E-state index contributed by atoms with van der Waals surface area (Å²) in [5, 5.41) is 4.57. The number of rotatable bonds is 3. The molecular weight excluding hydrogens is 390 g/mol. The number of piperazine rings is 1. The highest BCUT2D eigenvalue weighted by Gasteiger charge is 2.22. The van der Waals surface area contributed by atoms with Gasteiger partial charge in [-0.1, -0.05) is 25.4 Å². The van der Waals surface area contributed by atoms with Crippen molar-refractivity contribution in [2.24, 2.45) is 10.9 Å². The SMILES string of the molecule is CC(C)C1CC(=Nc2nc(C=O)nc3ccc(Cl)cc23)NN1.CN1CCNCC1. The molecule has 1 aromatic carbocycles. The van der Waals surface area contributed by atoms with Crippen LogP contribution in [0.15, 0.2) is 23.2 Å². The molecule has 3 heterocycles. The normalized spacial score (nSPS) is 21.1. The highest BCUT2D eigenvalue weighted by molar-refractivity contribution is 6.31. The fourth-order valence-corrected chi connectivity index (χ4v) is 3.28. The molecule has 4 rings (SSSR count). The van der Waals surface area contributed by atoms with Crippen LogP contribution in [0, 0.1) is 5.92 Å². The number of hydrogen-bond donors (Lipinski definition) is 3. The van der Waals surface area contributed by atoms with Gasteiger partial charge in [-0.05, 0) is 31.2 Å². The van der Waals surface area contributed by atoms with Gasteiger partial charge in [-0.25, -0.2) is 20.4 Å². The minimum Gasteiger partial charge on any atom is -0.314 e. The van der Waals surface area contributed by atoms with Crippen molar-refractivity contribution in [2.75, 3.05) is 33.2 Å². The van der Waals surface area contributed by atoms with Crippen LogP contribution in [0.25, 0.3) is 10.9 Å². The van der Waals surface area contributed by atoms with Crippen molar-refractivity contribution in [1.29, 1.82) is 0 Å². The number of hydrogen-bond acceptors (Lipinski definition) is 7. The summed E-state index contributed by atoms with van der Waals surface area (Å²) in [7, 11) is 2.15. The first-order valence-corrected chi connectivity index (χ1v) is 10.2. The molecule has 1 aromatic heterocycles. The van der Waals surface area contributed by atoms with E-state index in [4.69, 9.17) is 11.6 Å². The number of aliphatic imine (C=N–C) groups is 1. The smallest absolute Gasteiger partial charge is 0.195 e. The van der Waals surface area contributed by atoms with Crippen molar-refractivity contribution in [1.82, 2.24) is 31.0 Å². The number of carbonyl (C=O) groups is 1. The molecule has 0 spiro atoms. The lowest BCUT2D eigenvalue weighted by molar-refractivity contribution is 0.111. The number of amidine groups is 1. The molecule has 2 aliphatic rings. The Balaban J connectivity index is 0.000000290. The van der Waals surface area contributed by atoms with Crippen LogP contribution in [-0.2, 0) is 0 Å². The number of hydrazine groups is 1. The van der Waals surface area contributed by atoms with Crippen molar-refractivity contribution in [3.05, 3.63) is 29.0 Å². The Morgan fingerprint density at radius 2 is 2.03 bits per heavy atom. The molecule has 3 N–H and O–H groups in total. The summed E-state index contributed by atoms with van der Waals surface area (Å²) in [6.07, 6.45) is 1.40. The third kappa shape index (κ3) is 5.93. The Hall–Kier alpha value is -2.13. The fourth-order valence-electron chi connectivity index (χ4n) is 3.11. The molecule has 2 saturated heterocycles. The molecule has 1 atom stereocenters. The number of aldehydes is 1. The van der Waals surface area contributed by atoms with E-state index >= 15 is 0 Å². The lowest BCUT2D eigenvalue weighted by atomic mass is 10.0. The molecule has 2 aliphatic heterocycles. The minimum atomic E-state index is 0.112. The Morgan fingerprint density at radius 1 is 1.28 bits per heavy atom. The predicted octanol–water partition coefficient (Wildman–Crippen LogP) is 2.17. The van der Waals surface area contributed by atoms with Gasteiger partial charge in [0.2, 0.25) is 0 Å². The molecule has 0 radical (unpaired) electrons. The number of likely N-dealkylation sites (N-methyl/N-ethyl adjacent to an activating group) is 1. The molecule has 8 nitrogen and oxygen atoms in total. The van der Waals surface area contributed by atoms with Gasteiger partial charge in [0.25, 0.3) is 0 Å². The molecule has 2 aromatic rings. The van der Waals surface area contributed by atoms with Crippen LogP contribution in [0.1, 0.15) is 30.9 Å². The summed E-state index contributed by atoms with van der Waals surface area (Å²) >= 11 is 6.04. The predicted molar refractivity (Wildman–Crippen MR) is 117 cm³/mol. The van der Waals surface area contributed by atoms with Gasteiger partial charge in [0.05, 0.1) is 5.52 Å². The van der Waals surface area contributed by atoms with E-state index in [1.165, 1.54) is 13.1 Å². The standard InChI is InChI=1S/C15H16ClN5O.C5H12N2/c1-8(2)12-6-13(21-20-12)18-15-10-5-9(16)3-4-11(10)17-14(7-22)19-15;1-7-4-2-6-3-5-7/h3-5,7-8,12,20H,6H2,1-2H3,(H,17,18,19,21);6H,2-5H2,1H3. The Labute approximate surface area is 176 Å². The highest BCUT2D eigenvalue weighted by atomic mass is 35.5. The quantitative estimate of drug-likeness (QED) is 0.659. The first kappa shape index (κ1) is 21.6. The lowest BCUT2D eigenvalue weighted by Gasteiger charge is -2.21. The zero-order valence-corrected chi connectivity index (χ0v) is 17.8. The summed E-state index contributed by atoms with van der Waals surface area (Å²) in [6.45, 7) is 9.03. The van der Waals surface area contributed by atoms with Gasteiger partial charge in [-0.15, -0.1) is 0 Å². The molecule has 0 amide bonds. The van der Waals surface area contributed by atoms with E-state index in [1.54, 1.807) is 18.2 Å². The lowest BCUT2D eigenvalue weighted by Crippen LogP contribution is -2.40. The minimum absolute atomic E-state index is 0.112. The molecule has 156 valence electrons. The number of benzene rings is 1. The second-order valence-corrected chi connectivity index (χ2v) is 8.06. The van der Waals surface area contributed by atoms with Crippen LogP contribution in [0.2, 0.25) is 5.02 Å². The number of fused-ring (bicyclic) bond motifs is 1. The third-order valence-electron chi connectivity index (χ3n) is 4.96. The first-order valence-electron chi connectivity index (χ1n) is 9.87. The summed E-state index contributed by atoms with van der Waals surface area (Å²) in [4.78, 5) is 26.3. The average molecular weight is 418 g/mol. The average Bonchev–Trinajstić information content (AvgIpc) is 3.18. The number of nitrogens with zero attached hydrogens (tertiary/aromatic N) is 4. The highest BCUT2D eigenvalue weighted by Crippen LogP contribution is 2.26. The number of carbonyl (C=O) groups excluding carboxylic acids is 1. The van der Waals surface area contributed by atoms with Crippen LogP contribution in [0.5, 0.6) is 0 Å². The van der Waals surface area contributed by atoms with Gasteiger partial charge in [-0.2, -0.15) is 0 Å². The van der Waals surface area contributed by atoms with Crippen molar-refractivity contribution in [3.8, 4) is 0 Å². The largest absolute Gasteiger partial charge is 0.314 e. The second kappa shape index (κ2) is 10.1. The molecular formula is C20H28ClN7O. The van der Waals surface area contributed by atoms with Crippen molar-refractivity contribution >= 4 is 40.4 Å². The number of nitrogens with one attached hydrogen (secondary N) is 3. The van der Waals surface area contributed by atoms with Crippen LogP contribution in [0.3, 0.4) is 0 Å². The molecule has 2 fully saturated rings. The van der Waals surface area contributed by atoms with E-state index in [0.29, 0.717) is 34.6 Å². The summed E-state index contributed by atoms with van der Waals surface area (Å²) in [5.41, 5.74) is 6.91. The maximum absolute atomic E-state index is 11.0. The molecule has 0 saturated carbocycles. The summed E-state index contributed by atoms with van der Waals surface area (Å²) < 4.78 is 0. The maximum atomic E-state index is 11.0.